The molecule has 0 aliphatic carbocycles. The maximum absolute atomic E-state index is 13.7. The molecule has 83 heavy (non-hydrogen) atoms. The summed E-state index contributed by atoms with van der Waals surface area (Å²) in [6.45, 7) is 6.24. The fourth-order valence-electron chi connectivity index (χ4n) is 8.69. The average Bonchev–Trinajstić information content (AvgIpc) is 4.03. The number of hydrogen-bond acceptors (Lipinski definition) is 14. The van der Waals surface area contributed by atoms with E-state index in [0.29, 0.717) is 77.8 Å². The van der Waals surface area contributed by atoms with E-state index in [1.165, 1.54) is 6.20 Å². The van der Waals surface area contributed by atoms with Crippen LogP contribution in [0.4, 0.5) is 31.4 Å². The molecule has 2 atom stereocenters. The number of carbonyl (C=O) groups is 9. The quantitative estimate of drug-likeness (QED) is 0.0200. The van der Waals surface area contributed by atoms with Crippen LogP contribution in [0.1, 0.15) is 68.3 Å². The van der Waals surface area contributed by atoms with E-state index < -0.39 is 53.7 Å². The summed E-state index contributed by atoms with van der Waals surface area (Å²) >= 11 is 12.3. The third kappa shape index (κ3) is 20.9. The number of nitrogens with two attached hydrogens (primary N) is 1. The van der Waals surface area contributed by atoms with Gasteiger partial charge in [-0.15, -0.1) is 0 Å². The number of hydrogen-bond donors (Lipinski definition) is 7. The number of aromatic nitrogens is 2. The first-order valence-corrected chi connectivity index (χ1v) is 28.9. The number of nitrogens with one attached hydrogen (secondary N) is 6. The summed E-state index contributed by atoms with van der Waals surface area (Å²) in [7, 11) is 0. The summed E-state index contributed by atoms with van der Waals surface area (Å²) in [5.74, 6) is -3.31. The van der Waals surface area contributed by atoms with Gasteiger partial charge < -0.3 is 61.5 Å². The number of urea groups is 2. The van der Waals surface area contributed by atoms with Gasteiger partial charge in [-0.1, -0.05) is 55.8 Å². The van der Waals surface area contributed by atoms with E-state index in [0.717, 1.165) is 4.90 Å². The summed E-state index contributed by atoms with van der Waals surface area (Å²) in [5.41, 5.74) is 8.28. The first-order valence-electron chi connectivity index (χ1n) is 26.9. The van der Waals surface area contributed by atoms with Crippen molar-refractivity contribution in [2.45, 2.75) is 65.0 Å². The van der Waals surface area contributed by atoms with Gasteiger partial charge in [0.15, 0.2) is 5.78 Å². The highest BCUT2D eigenvalue weighted by Gasteiger charge is 2.35. The predicted molar refractivity (Wildman–Crippen MR) is 315 cm³/mol. The Hall–Kier alpha value is -7.23. The Labute approximate surface area is 501 Å². The lowest BCUT2D eigenvalue weighted by molar-refractivity contribution is -0.138. The monoisotopic (exact) mass is 1300 g/mol. The lowest BCUT2D eigenvalue weighted by atomic mass is 9.89. The van der Waals surface area contributed by atoms with Gasteiger partial charge in [0, 0.05) is 56.2 Å². The molecule has 27 heteroatoms. The van der Waals surface area contributed by atoms with Crippen LogP contribution in [0.25, 0.3) is 5.69 Å². The summed E-state index contributed by atoms with van der Waals surface area (Å²) in [4.78, 5) is 117. The van der Waals surface area contributed by atoms with E-state index in [4.69, 9.17) is 36.3 Å². The molecule has 0 bridgehead atoms. The number of primary amides is 1. The minimum atomic E-state index is -0.886. The van der Waals surface area contributed by atoms with E-state index in [-0.39, 0.29) is 111 Å². The number of amides is 10. The van der Waals surface area contributed by atoms with Crippen molar-refractivity contribution in [2.24, 2.45) is 23.5 Å². The molecular formula is C56H68Br2ClN11O13. The number of benzene rings is 3. The Morgan fingerprint density at radius 3 is 2.14 bits per heavy atom. The highest BCUT2D eigenvalue weighted by molar-refractivity contribution is 9.14. The van der Waals surface area contributed by atoms with Crippen molar-refractivity contribution in [3.8, 4) is 5.69 Å². The molecule has 2 aliphatic heterocycles. The number of Topliss-reactive ketones (excluding diaryl/α,β-unsaturated/α-hetero) is 1. The summed E-state index contributed by atoms with van der Waals surface area (Å²) < 4.78 is 24.0. The van der Waals surface area contributed by atoms with Crippen molar-refractivity contribution in [1.82, 2.24) is 35.5 Å². The fourth-order valence-corrected chi connectivity index (χ4v) is 9.64. The van der Waals surface area contributed by atoms with E-state index in [9.17, 15) is 43.2 Å². The van der Waals surface area contributed by atoms with Crippen LogP contribution in [0.5, 0.6) is 0 Å². The van der Waals surface area contributed by atoms with Gasteiger partial charge in [0.25, 0.3) is 17.7 Å². The van der Waals surface area contributed by atoms with Gasteiger partial charge in [-0.3, -0.25) is 33.7 Å². The molecule has 6 rings (SSSR count). The van der Waals surface area contributed by atoms with Gasteiger partial charge in [0.2, 0.25) is 11.8 Å². The first kappa shape index (κ1) is 64.9. The Morgan fingerprint density at radius 2 is 1.47 bits per heavy atom. The van der Waals surface area contributed by atoms with Crippen molar-refractivity contribution in [1.29, 1.82) is 0 Å². The number of halogens is 3. The largest absolute Gasteiger partial charge is 0.445 e. The van der Waals surface area contributed by atoms with Crippen LogP contribution in [0.3, 0.4) is 0 Å². The molecule has 0 saturated carbocycles. The second kappa shape index (κ2) is 33.2. The number of imide groups is 1. The molecule has 0 unspecified atom stereocenters. The third-order valence-corrected chi connectivity index (χ3v) is 15.6. The number of anilines is 3. The maximum atomic E-state index is 13.7. The second-order valence-electron chi connectivity index (χ2n) is 19.7. The van der Waals surface area contributed by atoms with Gasteiger partial charge in [-0.2, -0.15) is 5.10 Å². The van der Waals surface area contributed by atoms with Crippen molar-refractivity contribution < 1.29 is 62.1 Å². The lowest BCUT2D eigenvalue weighted by Gasteiger charge is -2.31. The minimum absolute atomic E-state index is 0.0200. The molecule has 4 aromatic rings. The number of ketones is 1. The molecule has 1 aromatic heterocycles. The maximum Gasteiger partial charge on any atom is 0.410 e. The number of para-hydroxylation sites is 1. The molecular weight excluding hydrogens is 1230 g/mol. The molecule has 24 nitrogen and oxygen atoms in total. The molecule has 2 aliphatic rings. The van der Waals surface area contributed by atoms with Gasteiger partial charge in [-0.25, -0.2) is 19.1 Å². The predicted octanol–water partition coefficient (Wildman–Crippen LogP) is 6.86. The van der Waals surface area contributed by atoms with Crippen LogP contribution >= 0.6 is 43.5 Å². The third-order valence-electron chi connectivity index (χ3n) is 13.3. The highest BCUT2D eigenvalue weighted by atomic mass is 79.9. The Morgan fingerprint density at radius 1 is 0.795 bits per heavy atom. The van der Waals surface area contributed by atoms with E-state index in [1.54, 1.807) is 102 Å². The fraction of sp³-hybridized carbons (Fsp3) is 0.429. The zero-order chi connectivity index (χ0) is 59.8. The Bertz CT molecular complexity index is 2930. The second-order valence-corrected chi connectivity index (χ2v) is 21.7. The van der Waals surface area contributed by atoms with Crippen LogP contribution in [-0.2, 0) is 49.5 Å². The molecule has 3 heterocycles. The Balaban J connectivity index is 0.865. The SMILES string of the molecule is CC(C)[C@H](NC(=O)CCOCCOCCOCCN1C(=O)C(Br)=C(Br)C1=O)C(=O)C[C@@H](CCCNC(N)=O)C(=O)Nc1ccc(COC(=O)N2CCC(CNC(=O)c3cccc(-n4cc(NC(=O)Nc5ccccc5Cl)cn4)c3)CC2)cc1. The Kier molecular flexibility index (Phi) is 25.9. The van der Waals surface area contributed by atoms with Crippen molar-refractivity contribution in [3.63, 3.8) is 0 Å². The normalized spacial score (nSPS) is 14.3. The molecule has 3 aromatic carbocycles. The smallest absolute Gasteiger partial charge is 0.410 e. The number of likely N-dealkylation sites (tertiary alicyclic amines) is 1. The number of rotatable bonds is 31. The van der Waals surface area contributed by atoms with Gasteiger partial charge >= 0.3 is 18.2 Å². The summed E-state index contributed by atoms with van der Waals surface area (Å²) in [5, 5.41) is 21.3. The van der Waals surface area contributed by atoms with Crippen LogP contribution in [0.2, 0.25) is 5.02 Å². The first-order chi connectivity index (χ1) is 39.9. The van der Waals surface area contributed by atoms with E-state index in [2.05, 4.69) is 68.9 Å². The van der Waals surface area contributed by atoms with Crippen LogP contribution in [0, 0.1) is 17.8 Å². The van der Waals surface area contributed by atoms with E-state index >= 15 is 0 Å². The number of piperidine rings is 1. The van der Waals surface area contributed by atoms with Crippen LogP contribution in [-0.4, -0.2) is 151 Å². The molecule has 1 fully saturated rings. The van der Waals surface area contributed by atoms with E-state index in [1.807, 2.05) is 0 Å². The number of carbonyl (C=O) groups excluding carboxylic acids is 9. The lowest BCUT2D eigenvalue weighted by Crippen LogP contribution is -2.45. The molecule has 8 N–H and O–H groups in total. The minimum Gasteiger partial charge on any atom is -0.445 e. The molecule has 0 radical (unpaired) electrons. The topological polar surface area (TPSA) is 313 Å². The molecule has 0 spiro atoms. The van der Waals surface area contributed by atoms with Crippen molar-refractivity contribution in [2.75, 3.05) is 88.3 Å². The molecule has 10 amide bonds. The molecule has 1 saturated heterocycles. The number of nitrogens with zero attached hydrogens (tertiary/aromatic N) is 4. The van der Waals surface area contributed by atoms with Gasteiger partial charge in [0.1, 0.15) is 15.6 Å². The zero-order valence-corrected chi connectivity index (χ0v) is 49.9. The average molecular weight is 1300 g/mol. The molecule has 446 valence electrons. The standard InChI is InChI=1S/C56H68Br2ClN11O13/c1-35(2)49(67-46(72)18-23-80-25-27-82-28-26-81-24-22-69-52(75)47(57)48(58)53(69)76)45(71)30-39(8-6-19-61-54(60)77)51(74)64-40-14-12-37(13-15-40)34-83-56(79)68-20-16-36(17-21-68)31-62-50(73)38-7-5-9-42(29-38)70-33-41(32-63-70)65-55(78)66-44-11-4-3-10-43(44)59/h3-5,7,9-15,29,32-33,35-36,39,49H,6,8,16-28,30-31,34H2,1-2H3,(H,62,73)(H,64,74)(H,67,72)(H3,60,61,77)(H2,65,66,78)/t39-,49+/m1/s1. The zero-order valence-electron chi connectivity index (χ0n) is 45.9. The summed E-state index contributed by atoms with van der Waals surface area (Å²) in [6, 6.07) is 18.4. The van der Waals surface area contributed by atoms with Crippen LogP contribution in [0.15, 0.2) is 94.2 Å². The van der Waals surface area contributed by atoms with Crippen molar-refractivity contribution in [3.05, 3.63) is 110 Å². The highest BCUT2D eigenvalue weighted by Crippen LogP contribution is 2.29. The van der Waals surface area contributed by atoms with Gasteiger partial charge in [-0.05, 0) is 117 Å². The summed E-state index contributed by atoms with van der Waals surface area (Å²) in [6.07, 6.45) is 4.30. The van der Waals surface area contributed by atoms with Gasteiger partial charge in [0.05, 0.1) is 86.7 Å². The number of ether oxygens (including phenoxy) is 4. The van der Waals surface area contributed by atoms with Crippen LogP contribution < -0.4 is 37.6 Å². The van der Waals surface area contributed by atoms with Crippen molar-refractivity contribution >= 4 is 114 Å².